The standard InChI is InChI=1S/C26H33N3O2/c27-26(31)25(30)23-15-28(24-7-2-1-6-22(23)24)20-13-18-8-9-19(14-20)29(18)21-11-16-4-3-5-17(10-16)12-21/h1-2,6-7,15-21H,3-5,8-14H2,(H2,27,31). The van der Waals surface area contributed by atoms with Gasteiger partial charge in [-0.1, -0.05) is 37.5 Å². The number of hydrogen-bond donors (Lipinski definition) is 1. The van der Waals surface area contributed by atoms with E-state index >= 15 is 0 Å². The number of carbonyl (C=O) groups is 2. The van der Waals surface area contributed by atoms with E-state index in [-0.39, 0.29) is 0 Å². The van der Waals surface area contributed by atoms with Crippen molar-refractivity contribution in [3.8, 4) is 0 Å². The van der Waals surface area contributed by atoms with Crippen LogP contribution < -0.4 is 5.73 Å². The quantitative estimate of drug-likeness (QED) is 0.588. The topological polar surface area (TPSA) is 68.3 Å². The highest BCUT2D eigenvalue weighted by atomic mass is 16.2. The Morgan fingerprint density at radius 1 is 0.806 bits per heavy atom. The van der Waals surface area contributed by atoms with Gasteiger partial charge in [-0.3, -0.25) is 14.5 Å². The summed E-state index contributed by atoms with van der Waals surface area (Å²) in [4.78, 5) is 27.0. The van der Waals surface area contributed by atoms with E-state index in [9.17, 15) is 9.59 Å². The average Bonchev–Trinajstić information content (AvgIpc) is 3.28. The van der Waals surface area contributed by atoms with Gasteiger partial charge in [-0.2, -0.15) is 0 Å². The minimum absolute atomic E-state index is 0.385. The number of rotatable bonds is 4. The first kappa shape index (κ1) is 19.5. The van der Waals surface area contributed by atoms with Crippen LogP contribution in [0.2, 0.25) is 0 Å². The van der Waals surface area contributed by atoms with Crippen molar-refractivity contribution in [3.05, 3.63) is 36.0 Å². The summed E-state index contributed by atoms with van der Waals surface area (Å²) in [6.45, 7) is 0. The van der Waals surface area contributed by atoms with Gasteiger partial charge in [0.1, 0.15) is 0 Å². The maximum absolute atomic E-state index is 12.5. The van der Waals surface area contributed by atoms with Gasteiger partial charge < -0.3 is 10.3 Å². The molecule has 0 spiro atoms. The summed E-state index contributed by atoms with van der Waals surface area (Å²) in [5, 5.41) is 0.848. The van der Waals surface area contributed by atoms with Crippen molar-refractivity contribution in [2.45, 2.75) is 88.4 Å². The molecule has 2 saturated heterocycles. The van der Waals surface area contributed by atoms with E-state index in [0.717, 1.165) is 41.6 Å². The number of carbonyl (C=O) groups excluding carboxylic acids is 2. The molecule has 2 N–H and O–H groups in total. The minimum atomic E-state index is -0.874. The van der Waals surface area contributed by atoms with Gasteiger partial charge in [-0.05, 0) is 62.8 Å². The number of nitrogens with two attached hydrogens (primary N) is 1. The Hall–Kier alpha value is -2.14. The van der Waals surface area contributed by atoms with Crippen molar-refractivity contribution in [2.24, 2.45) is 17.6 Å². The molecule has 3 heterocycles. The Labute approximate surface area is 184 Å². The highest BCUT2D eigenvalue weighted by Crippen LogP contribution is 2.48. The second kappa shape index (κ2) is 7.47. The smallest absolute Gasteiger partial charge is 0.289 e. The van der Waals surface area contributed by atoms with Crippen LogP contribution in [0.15, 0.2) is 30.5 Å². The minimum Gasteiger partial charge on any atom is -0.363 e. The molecule has 4 atom stereocenters. The van der Waals surface area contributed by atoms with Gasteiger partial charge in [0.2, 0.25) is 0 Å². The SMILES string of the molecule is NC(=O)C(=O)c1cn(C2CC3CCC(C2)N3C2CC3CCCC(C3)C2)c2ccccc12. The average molecular weight is 420 g/mol. The summed E-state index contributed by atoms with van der Waals surface area (Å²) in [6.07, 6.45) is 15.5. The molecule has 4 aliphatic rings. The molecule has 2 aliphatic carbocycles. The van der Waals surface area contributed by atoms with Crippen LogP contribution in [0.3, 0.4) is 0 Å². The molecule has 1 aromatic heterocycles. The first-order valence-corrected chi connectivity index (χ1v) is 12.3. The third kappa shape index (κ3) is 3.24. The van der Waals surface area contributed by atoms with E-state index in [4.69, 9.17) is 5.73 Å². The molecule has 4 fully saturated rings. The van der Waals surface area contributed by atoms with Crippen LogP contribution >= 0.6 is 0 Å². The number of piperidine rings is 1. The van der Waals surface area contributed by atoms with Crippen LogP contribution in [0, 0.1) is 11.8 Å². The molecule has 2 aromatic rings. The monoisotopic (exact) mass is 419 g/mol. The zero-order chi connectivity index (χ0) is 21.1. The molecular weight excluding hydrogens is 386 g/mol. The highest BCUT2D eigenvalue weighted by Gasteiger charge is 2.47. The van der Waals surface area contributed by atoms with E-state index in [1.54, 1.807) is 0 Å². The number of para-hydroxylation sites is 1. The lowest BCUT2D eigenvalue weighted by atomic mass is 9.69. The molecule has 2 saturated carbocycles. The number of amides is 1. The van der Waals surface area contributed by atoms with Crippen LogP contribution in [0.5, 0.6) is 0 Å². The highest BCUT2D eigenvalue weighted by molar-refractivity contribution is 6.44. The van der Waals surface area contributed by atoms with E-state index in [1.165, 1.54) is 51.4 Å². The lowest BCUT2D eigenvalue weighted by molar-refractivity contribution is -0.114. The van der Waals surface area contributed by atoms with Crippen molar-refractivity contribution >= 4 is 22.6 Å². The van der Waals surface area contributed by atoms with Crippen LogP contribution in [-0.4, -0.2) is 39.3 Å². The van der Waals surface area contributed by atoms with Crippen LogP contribution in [-0.2, 0) is 4.79 Å². The third-order valence-corrected chi connectivity index (χ3v) is 8.89. The molecule has 4 bridgehead atoms. The number of primary amides is 1. The molecule has 1 aromatic carbocycles. The maximum atomic E-state index is 12.5. The molecule has 0 radical (unpaired) electrons. The van der Waals surface area contributed by atoms with E-state index in [1.807, 2.05) is 24.4 Å². The molecule has 5 nitrogen and oxygen atoms in total. The molecular formula is C26H33N3O2. The fourth-order valence-corrected chi connectivity index (χ4v) is 7.77. The first-order valence-electron chi connectivity index (χ1n) is 12.3. The van der Waals surface area contributed by atoms with E-state index in [0.29, 0.717) is 23.7 Å². The maximum Gasteiger partial charge on any atom is 0.289 e. The van der Waals surface area contributed by atoms with Gasteiger partial charge in [0, 0.05) is 41.3 Å². The Balaban J connectivity index is 1.28. The van der Waals surface area contributed by atoms with E-state index < -0.39 is 11.7 Å². The second-order valence-electron chi connectivity index (χ2n) is 10.6. The molecule has 1 amide bonds. The van der Waals surface area contributed by atoms with Gasteiger partial charge in [-0.25, -0.2) is 0 Å². The van der Waals surface area contributed by atoms with Gasteiger partial charge >= 0.3 is 0 Å². The molecule has 6 rings (SSSR count). The summed E-state index contributed by atoms with van der Waals surface area (Å²) in [5.41, 5.74) is 6.85. The van der Waals surface area contributed by atoms with Gasteiger partial charge in [0.05, 0.1) is 5.56 Å². The van der Waals surface area contributed by atoms with Crippen LogP contribution in [0.25, 0.3) is 10.9 Å². The van der Waals surface area contributed by atoms with Crippen molar-refractivity contribution < 1.29 is 9.59 Å². The van der Waals surface area contributed by atoms with Gasteiger partial charge in [-0.15, -0.1) is 0 Å². The molecule has 5 heteroatoms. The Bertz CT molecular complexity index is 1000. The summed E-state index contributed by atoms with van der Waals surface area (Å²) in [5.74, 6) is 0.473. The zero-order valence-corrected chi connectivity index (χ0v) is 18.2. The number of fused-ring (bicyclic) bond motifs is 5. The Morgan fingerprint density at radius 2 is 1.48 bits per heavy atom. The Morgan fingerprint density at radius 3 is 2.16 bits per heavy atom. The molecule has 31 heavy (non-hydrogen) atoms. The normalized spacial score (nSPS) is 35.4. The number of hydrogen-bond acceptors (Lipinski definition) is 3. The number of nitrogens with zero attached hydrogens (tertiary/aromatic N) is 2. The van der Waals surface area contributed by atoms with Gasteiger partial charge in [0.15, 0.2) is 0 Å². The summed E-state index contributed by atoms with van der Waals surface area (Å²) in [7, 11) is 0. The fourth-order valence-electron chi connectivity index (χ4n) is 7.77. The van der Waals surface area contributed by atoms with E-state index in [2.05, 4.69) is 15.5 Å². The van der Waals surface area contributed by atoms with Crippen molar-refractivity contribution in [3.63, 3.8) is 0 Å². The Kier molecular flexibility index (Phi) is 4.71. The molecule has 164 valence electrons. The van der Waals surface area contributed by atoms with Crippen molar-refractivity contribution in [1.82, 2.24) is 9.47 Å². The lowest BCUT2D eigenvalue weighted by Crippen LogP contribution is -2.52. The number of Topliss-reactive ketones (excluding diaryl/α,β-unsaturated/α-hetero) is 1. The largest absolute Gasteiger partial charge is 0.363 e. The third-order valence-electron chi connectivity index (χ3n) is 8.89. The number of ketones is 1. The molecule has 4 unspecified atom stereocenters. The predicted molar refractivity (Wildman–Crippen MR) is 121 cm³/mol. The van der Waals surface area contributed by atoms with Crippen molar-refractivity contribution in [1.29, 1.82) is 0 Å². The van der Waals surface area contributed by atoms with Gasteiger partial charge in [0.25, 0.3) is 11.7 Å². The predicted octanol–water partition coefficient (Wildman–Crippen LogP) is 4.45. The summed E-state index contributed by atoms with van der Waals surface area (Å²) in [6, 6.07) is 10.4. The van der Waals surface area contributed by atoms with Crippen molar-refractivity contribution in [2.75, 3.05) is 0 Å². The number of aromatic nitrogens is 1. The summed E-state index contributed by atoms with van der Waals surface area (Å²) >= 11 is 0. The zero-order valence-electron chi connectivity index (χ0n) is 18.2. The summed E-state index contributed by atoms with van der Waals surface area (Å²) < 4.78 is 2.28. The first-order chi connectivity index (χ1) is 15.1. The van der Waals surface area contributed by atoms with Crippen LogP contribution in [0.4, 0.5) is 0 Å². The molecule has 2 aliphatic heterocycles. The lowest BCUT2D eigenvalue weighted by Gasteiger charge is -2.49. The fraction of sp³-hybridized carbons (Fsp3) is 0.615. The van der Waals surface area contributed by atoms with Crippen LogP contribution in [0.1, 0.15) is 80.6 Å². The number of benzene rings is 1. The second-order valence-corrected chi connectivity index (χ2v) is 10.6.